The quantitative estimate of drug-likeness (QED) is 0.189. The Labute approximate surface area is 244 Å². The van der Waals surface area contributed by atoms with Gasteiger partial charge < -0.3 is 13.6 Å². The number of oxazole rings is 1. The molecule has 0 aliphatic heterocycles. The maximum atomic E-state index is 7.28. The smallest absolute Gasteiger partial charge is 0.261 e. The van der Waals surface area contributed by atoms with E-state index in [2.05, 4.69) is 86.4 Å². The Kier molecular flexibility index (Phi) is 8.84. The average Bonchev–Trinajstić information content (AvgIpc) is 3.46. The summed E-state index contributed by atoms with van der Waals surface area (Å²) in [5.41, 5.74) is 0.794. The van der Waals surface area contributed by atoms with Gasteiger partial charge in [0.1, 0.15) is 11.5 Å². The lowest BCUT2D eigenvalue weighted by Gasteiger charge is -2.44. The molecule has 1 aliphatic carbocycles. The molecule has 1 heterocycles. The summed E-state index contributed by atoms with van der Waals surface area (Å²) in [5, 5.41) is 3.26. The molecule has 1 aromatic heterocycles. The zero-order valence-corrected chi connectivity index (χ0v) is 25.8. The van der Waals surface area contributed by atoms with Crippen molar-refractivity contribution in [3.63, 3.8) is 0 Å². The summed E-state index contributed by atoms with van der Waals surface area (Å²) >= 11 is 6.30. The summed E-state index contributed by atoms with van der Waals surface area (Å²) in [4.78, 5) is 4.64. The van der Waals surface area contributed by atoms with Gasteiger partial charge in [0, 0.05) is 17.5 Å². The van der Waals surface area contributed by atoms with Gasteiger partial charge in [-0.05, 0) is 65.7 Å². The first-order valence-corrected chi connectivity index (χ1v) is 16.7. The highest BCUT2D eigenvalue weighted by Crippen LogP contribution is 2.41. The van der Waals surface area contributed by atoms with E-state index < -0.39 is 8.32 Å². The van der Waals surface area contributed by atoms with E-state index in [1.165, 1.54) is 16.8 Å². The molecule has 0 spiro atoms. The highest BCUT2D eigenvalue weighted by Gasteiger charge is 2.50. The molecule has 0 bridgehead atoms. The number of hydrogen-bond donors (Lipinski definition) is 0. The number of benzene rings is 3. The van der Waals surface area contributed by atoms with E-state index in [-0.39, 0.29) is 5.04 Å². The minimum absolute atomic E-state index is 0.0289. The second-order valence-electron chi connectivity index (χ2n) is 11.8. The molecule has 40 heavy (non-hydrogen) atoms. The van der Waals surface area contributed by atoms with Crippen LogP contribution in [0, 0.1) is 5.92 Å². The molecule has 1 saturated carbocycles. The lowest BCUT2D eigenvalue weighted by Crippen LogP contribution is -2.67. The van der Waals surface area contributed by atoms with Gasteiger partial charge in [-0.15, -0.1) is 0 Å². The molecule has 5 rings (SSSR count). The maximum Gasteiger partial charge on any atom is 0.261 e. The molecule has 0 radical (unpaired) electrons. The third kappa shape index (κ3) is 5.92. The molecule has 1 aliphatic rings. The van der Waals surface area contributed by atoms with Crippen LogP contribution in [0.15, 0.2) is 89.5 Å². The first-order valence-electron chi connectivity index (χ1n) is 14.4. The summed E-state index contributed by atoms with van der Waals surface area (Å²) < 4.78 is 19.4. The van der Waals surface area contributed by atoms with E-state index >= 15 is 0 Å². The minimum Gasteiger partial charge on any atom is -0.493 e. The Morgan fingerprint density at radius 3 is 2.25 bits per heavy atom. The van der Waals surface area contributed by atoms with Crippen molar-refractivity contribution in [2.24, 2.45) is 5.92 Å². The zero-order chi connectivity index (χ0) is 28.2. The van der Waals surface area contributed by atoms with Crippen LogP contribution in [-0.2, 0) is 4.43 Å². The van der Waals surface area contributed by atoms with Crippen molar-refractivity contribution >= 4 is 30.3 Å². The first kappa shape index (κ1) is 28.7. The topological polar surface area (TPSA) is 44.5 Å². The van der Waals surface area contributed by atoms with Gasteiger partial charge in [-0.3, -0.25) is 0 Å². The molecule has 4 aromatic rings. The van der Waals surface area contributed by atoms with Crippen LogP contribution in [0.3, 0.4) is 0 Å². The van der Waals surface area contributed by atoms with Gasteiger partial charge >= 0.3 is 0 Å². The van der Waals surface area contributed by atoms with Crippen LogP contribution in [0.1, 0.15) is 65.1 Å². The van der Waals surface area contributed by atoms with Crippen LogP contribution in [0.25, 0.3) is 11.5 Å². The van der Waals surface area contributed by atoms with Crippen molar-refractivity contribution in [2.75, 3.05) is 13.2 Å². The molecule has 0 unspecified atom stereocenters. The Hall–Kier alpha value is -2.86. The molecular weight excluding hydrogens is 534 g/mol. The SMILES string of the molecule is CCOc1ccc(Cl)cc1-c1ncc([C@H]2CCC[C@@H](CO[Si](c3ccccc3)(c3ccccc3)C(C)(C)C)C2)o1. The molecular formula is C34H40ClNO3Si. The normalized spacial score (nSPS) is 18.0. The third-order valence-electron chi connectivity index (χ3n) is 8.13. The molecule has 0 amide bonds. The predicted molar refractivity (Wildman–Crippen MR) is 166 cm³/mol. The fourth-order valence-corrected chi connectivity index (χ4v) is 11.1. The average molecular weight is 574 g/mol. The Bertz CT molecular complexity index is 1340. The van der Waals surface area contributed by atoms with Crippen molar-refractivity contribution in [3.05, 3.63) is 95.8 Å². The van der Waals surface area contributed by atoms with Crippen LogP contribution in [-0.4, -0.2) is 26.5 Å². The van der Waals surface area contributed by atoms with Crippen LogP contribution < -0.4 is 15.1 Å². The number of nitrogens with zero attached hydrogens (tertiary/aromatic N) is 1. The Balaban J connectivity index is 1.37. The van der Waals surface area contributed by atoms with Gasteiger partial charge in [0.2, 0.25) is 5.89 Å². The van der Waals surface area contributed by atoms with Crippen molar-refractivity contribution in [2.45, 2.75) is 64.3 Å². The monoisotopic (exact) mass is 573 g/mol. The van der Waals surface area contributed by atoms with E-state index in [1.54, 1.807) is 0 Å². The third-order valence-corrected chi connectivity index (χ3v) is 13.4. The van der Waals surface area contributed by atoms with Crippen molar-refractivity contribution in [1.82, 2.24) is 4.98 Å². The summed E-state index contributed by atoms with van der Waals surface area (Å²) in [6.45, 7) is 10.3. The minimum atomic E-state index is -2.56. The van der Waals surface area contributed by atoms with E-state index in [1.807, 2.05) is 31.3 Å². The molecule has 3 aromatic carbocycles. The fraction of sp³-hybridized carbons (Fsp3) is 0.382. The maximum absolute atomic E-state index is 7.28. The van der Waals surface area contributed by atoms with Gasteiger partial charge in [0.25, 0.3) is 8.32 Å². The molecule has 4 nitrogen and oxygen atoms in total. The second kappa shape index (κ2) is 12.3. The number of aromatic nitrogens is 1. The van der Waals surface area contributed by atoms with Crippen LogP contribution in [0.2, 0.25) is 10.1 Å². The van der Waals surface area contributed by atoms with E-state index in [4.69, 9.17) is 25.2 Å². The van der Waals surface area contributed by atoms with E-state index in [0.29, 0.717) is 29.4 Å². The van der Waals surface area contributed by atoms with Crippen molar-refractivity contribution in [1.29, 1.82) is 0 Å². The van der Waals surface area contributed by atoms with Gasteiger partial charge in [-0.25, -0.2) is 4.98 Å². The van der Waals surface area contributed by atoms with Gasteiger partial charge in [-0.1, -0.05) is 99.5 Å². The highest BCUT2D eigenvalue weighted by atomic mass is 35.5. The van der Waals surface area contributed by atoms with Gasteiger partial charge in [-0.2, -0.15) is 0 Å². The lowest BCUT2D eigenvalue weighted by molar-refractivity contribution is 0.182. The molecule has 1 fully saturated rings. The van der Waals surface area contributed by atoms with Crippen LogP contribution in [0.5, 0.6) is 5.75 Å². The number of halogens is 1. The van der Waals surface area contributed by atoms with Crippen molar-refractivity contribution in [3.8, 4) is 17.2 Å². The zero-order valence-electron chi connectivity index (χ0n) is 24.0. The van der Waals surface area contributed by atoms with Crippen LogP contribution >= 0.6 is 11.6 Å². The largest absolute Gasteiger partial charge is 0.493 e. The molecule has 0 saturated heterocycles. The lowest BCUT2D eigenvalue weighted by atomic mass is 9.81. The summed E-state index contributed by atoms with van der Waals surface area (Å²) in [5.74, 6) is 3.01. The highest BCUT2D eigenvalue weighted by molar-refractivity contribution is 6.99. The number of hydrogen-bond acceptors (Lipinski definition) is 4. The van der Waals surface area contributed by atoms with E-state index in [0.717, 1.165) is 42.9 Å². The second-order valence-corrected chi connectivity index (χ2v) is 16.6. The standard InChI is InChI=1S/C34H40ClNO3Si/c1-5-37-31-20-19-27(35)22-30(31)33-36-23-32(39-33)26-14-12-13-25(21-26)24-38-40(34(2,3)4,28-15-8-6-9-16-28)29-17-10-7-11-18-29/h6-11,15-20,22-23,25-26H,5,12-14,21,24H2,1-4H3/t25-,26+/m1/s1. The Morgan fingerprint density at radius 2 is 1.62 bits per heavy atom. The summed E-state index contributed by atoms with van der Waals surface area (Å²) in [7, 11) is -2.56. The first-order chi connectivity index (χ1) is 19.3. The molecule has 210 valence electrons. The van der Waals surface area contributed by atoms with Crippen molar-refractivity contribution < 1.29 is 13.6 Å². The molecule has 2 atom stereocenters. The van der Waals surface area contributed by atoms with Gasteiger partial charge in [0.05, 0.1) is 18.4 Å². The summed E-state index contributed by atoms with van der Waals surface area (Å²) in [6.07, 6.45) is 6.33. The molecule has 6 heteroatoms. The fourth-order valence-electron chi connectivity index (χ4n) is 6.26. The molecule has 0 N–H and O–H groups in total. The van der Waals surface area contributed by atoms with Crippen LogP contribution in [0.4, 0.5) is 0 Å². The Morgan fingerprint density at radius 1 is 0.950 bits per heavy atom. The summed E-state index contributed by atoms with van der Waals surface area (Å²) in [6, 6.07) is 27.4. The number of rotatable bonds is 9. The van der Waals surface area contributed by atoms with E-state index in [9.17, 15) is 0 Å². The van der Waals surface area contributed by atoms with Gasteiger partial charge in [0.15, 0.2) is 0 Å². The predicted octanol–water partition coefficient (Wildman–Crippen LogP) is 8.24. The number of ether oxygens (including phenoxy) is 1.